The lowest BCUT2D eigenvalue weighted by molar-refractivity contribution is 1.08. The summed E-state index contributed by atoms with van der Waals surface area (Å²) >= 11 is 0. The molecule has 3 heterocycles. The van der Waals surface area contributed by atoms with Crippen LogP contribution in [0.5, 0.6) is 0 Å². The fourth-order valence-electron chi connectivity index (χ4n) is 6.94. The van der Waals surface area contributed by atoms with Gasteiger partial charge in [0.25, 0.3) is 0 Å². The Bertz CT molecular complexity index is 2400. The number of hydrogen-bond donors (Lipinski definition) is 0. The third-order valence-corrected chi connectivity index (χ3v) is 8.95. The van der Waals surface area contributed by atoms with Crippen LogP contribution in [-0.4, -0.2) is 14.5 Å². The van der Waals surface area contributed by atoms with Crippen molar-refractivity contribution >= 4 is 43.4 Å². The van der Waals surface area contributed by atoms with E-state index in [9.17, 15) is 0 Å². The molecular weight excluding hydrogens is 546 g/mol. The molecule has 0 spiro atoms. The number of pyridine rings is 2. The molecule has 9 aromatic rings. The van der Waals surface area contributed by atoms with E-state index >= 15 is 0 Å². The van der Waals surface area contributed by atoms with Gasteiger partial charge >= 0.3 is 0 Å². The minimum atomic E-state index is 0.893. The quantitative estimate of drug-likeness (QED) is 0.196. The predicted octanol–water partition coefficient (Wildman–Crippen LogP) is 10.9. The summed E-state index contributed by atoms with van der Waals surface area (Å²) in [5.41, 5.74) is 9.45. The van der Waals surface area contributed by atoms with Gasteiger partial charge in [-0.25, -0.2) is 4.98 Å². The maximum absolute atomic E-state index is 4.94. The number of para-hydroxylation sites is 1. The molecule has 0 amide bonds. The Morgan fingerprint density at radius 1 is 0.356 bits per heavy atom. The van der Waals surface area contributed by atoms with E-state index in [-0.39, 0.29) is 0 Å². The van der Waals surface area contributed by atoms with E-state index in [1.807, 2.05) is 18.6 Å². The van der Waals surface area contributed by atoms with E-state index in [1.54, 1.807) is 0 Å². The predicted molar refractivity (Wildman–Crippen MR) is 188 cm³/mol. The van der Waals surface area contributed by atoms with Gasteiger partial charge in [0.2, 0.25) is 0 Å². The van der Waals surface area contributed by atoms with Crippen molar-refractivity contribution < 1.29 is 0 Å². The first-order chi connectivity index (χ1) is 22.3. The van der Waals surface area contributed by atoms with Gasteiger partial charge in [-0.3, -0.25) is 9.55 Å². The highest BCUT2D eigenvalue weighted by molar-refractivity contribution is 6.21. The summed E-state index contributed by atoms with van der Waals surface area (Å²) in [6, 6.07) is 52.0. The second-order valence-electron chi connectivity index (χ2n) is 11.4. The van der Waals surface area contributed by atoms with Crippen molar-refractivity contribution in [2.45, 2.75) is 0 Å². The first kappa shape index (κ1) is 25.4. The summed E-state index contributed by atoms with van der Waals surface area (Å²) in [6.07, 6.45) is 5.76. The molecule has 3 aromatic heterocycles. The van der Waals surface area contributed by atoms with Crippen LogP contribution in [0, 0.1) is 0 Å². The number of aromatic nitrogens is 3. The molecular formula is C42H27N3. The van der Waals surface area contributed by atoms with Gasteiger partial charge in [0.05, 0.1) is 11.0 Å². The summed E-state index contributed by atoms with van der Waals surface area (Å²) in [5, 5.41) is 7.36. The lowest BCUT2D eigenvalue weighted by Gasteiger charge is -2.18. The molecule has 3 nitrogen and oxygen atoms in total. The van der Waals surface area contributed by atoms with Crippen LogP contribution in [0.15, 0.2) is 164 Å². The molecule has 9 rings (SSSR count). The Kier molecular flexibility index (Phi) is 5.82. The van der Waals surface area contributed by atoms with E-state index in [1.165, 1.54) is 49.2 Å². The topological polar surface area (TPSA) is 30.7 Å². The highest BCUT2D eigenvalue weighted by Crippen LogP contribution is 2.43. The lowest BCUT2D eigenvalue weighted by atomic mass is 9.86. The molecule has 0 fully saturated rings. The zero-order chi connectivity index (χ0) is 29.7. The molecule has 45 heavy (non-hydrogen) atoms. The van der Waals surface area contributed by atoms with E-state index in [4.69, 9.17) is 4.98 Å². The number of benzene rings is 6. The fourth-order valence-corrected chi connectivity index (χ4v) is 6.94. The standard InChI is InChI=1S/C42H27N3/c1-2-10-29(11-3-1)41-33-13-4-6-15-35(33)42(36-16-7-5-14-34(36)41)30-20-18-28(19-21-30)31-22-23-40(44-26-31)45-38-17-9-8-12-32(38)37-27-43-25-24-39(37)45/h1-27H. The van der Waals surface area contributed by atoms with Crippen molar-refractivity contribution in [1.82, 2.24) is 14.5 Å². The zero-order valence-corrected chi connectivity index (χ0v) is 24.4. The number of rotatable bonds is 4. The van der Waals surface area contributed by atoms with Crippen molar-refractivity contribution in [2.75, 3.05) is 0 Å². The molecule has 6 aromatic carbocycles. The van der Waals surface area contributed by atoms with Crippen LogP contribution >= 0.6 is 0 Å². The first-order valence-electron chi connectivity index (χ1n) is 15.2. The largest absolute Gasteiger partial charge is 0.294 e. The molecule has 0 aliphatic rings. The average molecular weight is 574 g/mol. The van der Waals surface area contributed by atoms with Crippen LogP contribution in [0.3, 0.4) is 0 Å². The first-order valence-corrected chi connectivity index (χ1v) is 15.2. The van der Waals surface area contributed by atoms with Crippen molar-refractivity contribution in [3.63, 3.8) is 0 Å². The van der Waals surface area contributed by atoms with E-state index < -0.39 is 0 Å². The maximum Gasteiger partial charge on any atom is 0.137 e. The van der Waals surface area contributed by atoms with Crippen LogP contribution < -0.4 is 0 Å². The van der Waals surface area contributed by atoms with Gasteiger partial charge in [-0.15, -0.1) is 0 Å². The molecule has 0 bridgehead atoms. The summed E-state index contributed by atoms with van der Waals surface area (Å²) < 4.78 is 2.22. The Morgan fingerprint density at radius 2 is 0.867 bits per heavy atom. The van der Waals surface area contributed by atoms with E-state index in [2.05, 4.69) is 155 Å². The summed E-state index contributed by atoms with van der Waals surface area (Å²) in [4.78, 5) is 9.31. The second-order valence-corrected chi connectivity index (χ2v) is 11.4. The maximum atomic E-state index is 4.94. The van der Waals surface area contributed by atoms with Crippen molar-refractivity contribution in [3.8, 4) is 39.2 Å². The summed E-state index contributed by atoms with van der Waals surface area (Å²) in [6.45, 7) is 0. The number of hydrogen-bond acceptors (Lipinski definition) is 2. The molecule has 0 N–H and O–H groups in total. The van der Waals surface area contributed by atoms with E-state index in [0.29, 0.717) is 0 Å². The van der Waals surface area contributed by atoms with Crippen LogP contribution in [-0.2, 0) is 0 Å². The molecule has 210 valence electrons. The van der Waals surface area contributed by atoms with Crippen molar-refractivity contribution in [3.05, 3.63) is 164 Å². The molecule has 0 saturated carbocycles. The van der Waals surface area contributed by atoms with Crippen LogP contribution in [0.25, 0.3) is 82.5 Å². The van der Waals surface area contributed by atoms with Gasteiger partial charge in [0, 0.05) is 34.9 Å². The van der Waals surface area contributed by atoms with Crippen molar-refractivity contribution in [2.24, 2.45) is 0 Å². The van der Waals surface area contributed by atoms with Gasteiger partial charge in [-0.2, -0.15) is 0 Å². The minimum Gasteiger partial charge on any atom is -0.294 e. The third kappa shape index (κ3) is 4.05. The fraction of sp³-hybridized carbons (Fsp3) is 0. The minimum absolute atomic E-state index is 0.893. The Labute approximate surface area is 260 Å². The molecule has 0 unspecified atom stereocenters. The molecule has 3 heteroatoms. The number of fused-ring (bicyclic) bond motifs is 5. The smallest absolute Gasteiger partial charge is 0.137 e. The average Bonchev–Trinajstić information content (AvgIpc) is 3.45. The zero-order valence-electron chi connectivity index (χ0n) is 24.4. The van der Waals surface area contributed by atoms with Crippen LogP contribution in [0.2, 0.25) is 0 Å². The van der Waals surface area contributed by atoms with Crippen LogP contribution in [0.4, 0.5) is 0 Å². The summed E-state index contributed by atoms with van der Waals surface area (Å²) in [7, 11) is 0. The van der Waals surface area contributed by atoms with Crippen molar-refractivity contribution in [1.29, 1.82) is 0 Å². The van der Waals surface area contributed by atoms with Gasteiger partial charge in [0.15, 0.2) is 0 Å². The van der Waals surface area contributed by atoms with Gasteiger partial charge in [-0.05, 0) is 73.6 Å². The normalized spacial score (nSPS) is 11.6. The highest BCUT2D eigenvalue weighted by atomic mass is 15.1. The molecule has 0 aliphatic heterocycles. The Morgan fingerprint density at radius 3 is 1.49 bits per heavy atom. The third-order valence-electron chi connectivity index (χ3n) is 8.95. The lowest BCUT2D eigenvalue weighted by Crippen LogP contribution is -1.97. The van der Waals surface area contributed by atoms with Crippen LogP contribution in [0.1, 0.15) is 0 Å². The SMILES string of the molecule is c1ccc(-c2c3ccccc3c(-c3ccc(-c4ccc(-n5c6ccccc6c6cnccc65)nc4)cc3)c3ccccc23)cc1. The highest BCUT2D eigenvalue weighted by Gasteiger charge is 2.17. The molecule has 0 aliphatic carbocycles. The van der Waals surface area contributed by atoms with Gasteiger partial charge in [-0.1, -0.05) is 121 Å². The Hall–Kier alpha value is -6.06. The number of nitrogens with zero attached hydrogens (tertiary/aromatic N) is 3. The van der Waals surface area contributed by atoms with E-state index in [0.717, 1.165) is 33.4 Å². The molecule has 0 saturated heterocycles. The Balaban J connectivity index is 1.14. The van der Waals surface area contributed by atoms with Gasteiger partial charge < -0.3 is 0 Å². The molecule has 0 atom stereocenters. The summed E-state index contributed by atoms with van der Waals surface area (Å²) in [5.74, 6) is 0.893. The second kappa shape index (κ2) is 10.3. The molecule has 0 radical (unpaired) electrons. The van der Waals surface area contributed by atoms with Gasteiger partial charge in [0.1, 0.15) is 5.82 Å². The monoisotopic (exact) mass is 573 g/mol.